The van der Waals surface area contributed by atoms with Gasteiger partial charge >= 0.3 is 0 Å². The maximum absolute atomic E-state index is 13.7. The second kappa shape index (κ2) is 5.59. The number of nitrogens with zero attached hydrogens (tertiary/aromatic N) is 1. The molecular formula is C15H20FNO2. The molecule has 0 aliphatic heterocycles. The zero-order chi connectivity index (χ0) is 14.0. The van der Waals surface area contributed by atoms with Crippen molar-refractivity contribution in [2.45, 2.75) is 39.2 Å². The summed E-state index contributed by atoms with van der Waals surface area (Å²) in [4.78, 5) is 14.1. The molecule has 1 aromatic carbocycles. The van der Waals surface area contributed by atoms with Gasteiger partial charge in [-0.2, -0.15) is 0 Å². The summed E-state index contributed by atoms with van der Waals surface area (Å²) in [5.74, 6) is -0.831. The lowest BCUT2D eigenvalue weighted by atomic mass is 10.1. The van der Waals surface area contributed by atoms with Gasteiger partial charge in [0.05, 0.1) is 0 Å². The third kappa shape index (κ3) is 3.25. The Hall–Kier alpha value is -1.58. The smallest absolute Gasteiger partial charge is 0.260 e. The third-order valence-corrected chi connectivity index (χ3v) is 3.40. The minimum atomic E-state index is -0.653. The minimum absolute atomic E-state index is 0.196. The molecule has 0 aromatic heterocycles. The highest BCUT2D eigenvalue weighted by Crippen LogP contribution is 2.31. The number of phenols is 1. The molecule has 2 rings (SSSR count). The van der Waals surface area contributed by atoms with Crippen molar-refractivity contribution in [3.63, 3.8) is 0 Å². The van der Waals surface area contributed by atoms with Crippen LogP contribution >= 0.6 is 0 Å². The molecule has 1 saturated carbocycles. The normalized spacial score (nSPS) is 14.7. The number of hydrogen-bond acceptors (Lipinski definition) is 2. The van der Waals surface area contributed by atoms with Crippen molar-refractivity contribution in [2.75, 3.05) is 6.54 Å². The molecule has 4 heteroatoms. The Morgan fingerprint density at radius 1 is 1.47 bits per heavy atom. The van der Waals surface area contributed by atoms with Gasteiger partial charge in [-0.05, 0) is 37.3 Å². The Morgan fingerprint density at radius 2 is 2.16 bits per heavy atom. The summed E-state index contributed by atoms with van der Waals surface area (Å²) < 4.78 is 13.7. The van der Waals surface area contributed by atoms with Gasteiger partial charge in [0.1, 0.15) is 17.1 Å². The molecule has 0 saturated heterocycles. The van der Waals surface area contributed by atoms with Gasteiger partial charge in [-0.1, -0.05) is 19.9 Å². The van der Waals surface area contributed by atoms with Crippen molar-refractivity contribution in [2.24, 2.45) is 5.92 Å². The maximum atomic E-state index is 13.7. The van der Waals surface area contributed by atoms with Crippen LogP contribution in [-0.4, -0.2) is 28.5 Å². The Balaban J connectivity index is 2.19. The Kier molecular flexibility index (Phi) is 4.08. The molecule has 0 atom stereocenters. The monoisotopic (exact) mass is 265 g/mol. The Labute approximate surface area is 113 Å². The molecule has 0 radical (unpaired) electrons. The number of benzene rings is 1. The lowest BCUT2D eigenvalue weighted by molar-refractivity contribution is 0.0727. The molecule has 0 unspecified atom stereocenters. The molecule has 1 aromatic rings. The molecule has 3 nitrogen and oxygen atoms in total. The van der Waals surface area contributed by atoms with Crippen LogP contribution in [0.25, 0.3) is 0 Å². The SMILES string of the molecule is CC(C)CCN(C(=O)c1c(O)cccc1F)C1CC1. The fourth-order valence-electron chi connectivity index (χ4n) is 2.10. The van der Waals surface area contributed by atoms with Gasteiger partial charge in [0, 0.05) is 12.6 Å². The Morgan fingerprint density at radius 3 is 2.68 bits per heavy atom. The van der Waals surface area contributed by atoms with Crippen molar-refractivity contribution in [3.05, 3.63) is 29.6 Å². The number of carbonyl (C=O) groups excluding carboxylic acids is 1. The van der Waals surface area contributed by atoms with E-state index in [1.807, 2.05) is 0 Å². The highest BCUT2D eigenvalue weighted by molar-refractivity contribution is 5.97. The van der Waals surface area contributed by atoms with E-state index in [1.165, 1.54) is 18.2 Å². The molecule has 0 heterocycles. The van der Waals surface area contributed by atoms with Crippen LogP contribution in [0.1, 0.15) is 43.5 Å². The lowest BCUT2D eigenvalue weighted by Gasteiger charge is -2.24. The van der Waals surface area contributed by atoms with E-state index in [4.69, 9.17) is 0 Å². The molecule has 1 N–H and O–H groups in total. The largest absolute Gasteiger partial charge is 0.507 e. The number of carbonyl (C=O) groups is 1. The van der Waals surface area contributed by atoms with E-state index in [0.29, 0.717) is 12.5 Å². The predicted octanol–water partition coefficient (Wildman–Crippen LogP) is 3.18. The van der Waals surface area contributed by atoms with Gasteiger partial charge in [0.25, 0.3) is 5.91 Å². The average Bonchev–Trinajstić information content (AvgIpc) is 3.13. The predicted molar refractivity (Wildman–Crippen MR) is 71.6 cm³/mol. The van der Waals surface area contributed by atoms with Crippen LogP contribution < -0.4 is 0 Å². The number of rotatable bonds is 5. The molecule has 1 amide bonds. The van der Waals surface area contributed by atoms with Gasteiger partial charge in [-0.15, -0.1) is 0 Å². The van der Waals surface area contributed by atoms with Crippen molar-refractivity contribution in [3.8, 4) is 5.75 Å². The van der Waals surface area contributed by atoms with E-state index < -0.39 is 11.7 Å². The first kappa shape index (κ1) is 13.8. The average molecular weight is 265 g/mol. The van der Waals surface area contributed by atoms with Crippen molar-refractivity contribution in [1.82, 2.24) is 4.90 Å². The standard InChI is InChI=1S/C15H20FNO2/c1-10(2)8-9-17(11-6-7-11)15(19)14-12(16)4-3-5-13(14)18/h3-5,10-11,18H,6-9H2,1-2H3. The first-order valence-electron chi connectivity index (χ1n) is 6.79. The van der Waals surface area contributed by atoms with E-state index in [1.54, 1.807) is 4.90 Å². The van der Waals surface area contributed by atoms with Crippen LogP contribution in [0, 0.1) is 11.7 Å². The van der Waals surface area contributed by atoms with E-state index in [0.717, 1.165) is 19.3 Å². The first-order valence-corrected chi connectivity index (χ1v) is 6.79. The quantitative estimate of drug-likeness (QED) is 0.888. The van der Waals surface area contributed by atoms with Crippen molar-refractivity contribution in [1.29, 1.82) is 0 Å². The van der Waals surface area contributed by atoms with E-state index in [9.17, 15) is 14.3 Å². The summed E-state index contributed by atoms with van der Waals surface area (Å²) in [7, 11) is 0. The second-order valence-electron chi connectivity index (χ2n) is 5.55. The lowest BCUT2D eigenvalue weighted by Crippen LogP contribution is -2.35. The molecule has 0 bridgehead atoms. The van der Waals surface area contributed by atoms with Crippen molar-refractivity contribution < 1.29 is 14.3 Å². The topological polar surface area (TPSA) is 40.5 Å². The number of hydrogen-bond donors (Lipinski definition) is 1. The molecule has 0 spiro atoms. The van der Waals surface area contributed by atoms with Crippen LogP contribution in [0.2, 0.25) is 0 Å². The maximum Gasteiger partial charge on any atom is 0.260 e. The molecule has 1 aliphatic rings. The van der Waals surface area contributed by atoms with Gasteiger partial charge in [-0.25, -0.2) is 4.39 Å². The van der Waals surface area contributed by atoms with Crippen molar-refractivity contribution >= 4 is 5.91 Å². The number of phenolic OH excluding ortho intramolecular Hbond substituents is 1. The first-order chi connectivity index (χ1) is 9.00. The summed E-state index contributed by atoms with van der Waals surface area (Å²) in [5.41, 5.74) is -0.196. The fraction of sp³-hybridized carbons (Fsp3) is 0.533. The molecule has 1 aliphatic carbocycles. The summed E-state index contributed by atoms with van der Waals surface area (Å²) >= 11 is 0. The summed E-state index contributed by atoms with van der Waals surface area (Å²) in [5, 5.41) is 9.70. The second-order valence-corrected chi connectivity index (χ2v) is 5.55. The van der Waals surface area contributed by atoms with Gasteiger partial charge in [-0.3, -0.25) is 4.79 Å². The Bertz CT molecular complexity index is 449. The summed E-state index contributed by atoms with van der Waals surface area (Å²) in [6, 6.07) is 4.17. The molecule has 1 fully saturated rings. The highest BCUT2D eigenvalue weighted by Gasteiger charge is 2.34. The fourth-order valence-corrected chi connectivity index (χ4v) is 2.10. The van der Waals surface area contributed by atoms with Crippen LogP contribution in [-0.2, 0) is 0 Å². The number of amides is 1. The van der Waals surface area contributed by atoms with Crippen LogP contribution in [0.3, 0.4) is 0 Å². The zero-order valence-electron chi connectivity index (χ0n) is 11.4. The zero-order valence-corrected chi connectivity index (χ0v) is 11.4. The van der Waals surface area contributed by atoms with Crippen LogP contribution in [0.15, 0.2) is 18.2 Å². The van der Waals surface area contributed by atoms with Crippen LogP contribution in [0.4, 0.5) is 4.39 Å². The molecular weight excluding hydrogens is 245 g/mol. The van der Waals surface area contributed by atoms with Gasteiger partial charge < -0.3 is 10.0 Å². The molecule has 104 valence electrons. The summed E-state index contributed by atoms with van der Waals surface area (Å²) in [6.45, 7) is 4.81. The number of aromatic hydroxyl groups is 1. The van der Waals surface area contributed by atoms with Crippen LogP contribution in [0.5, 0.6) is 5.75 Å². The number of halogens is 1. The van der Waals surface area contributed by atoms with E-state index in [-0.39, 0.29) is 17.4 Å². The highest BCUT2D eigenvalue weighted by atomic mass is 19.1. The minimum Gasteiger partial charge on any atom is -0.507 e. The van der Waals surface area contributed by atoms with Gasteiger partial charge in [0.2, 0.25) is 0 Å². The van der Waals surface area contributed by atoms with Gasteiger partial charge in [0.15, 0.2) is 0 Å². The third-order valence-electron chi connectivity index (χ3n) is 3.40. The molecule has 19 heavy (non-hydrogen) atoms. The summed E-state index contributed by atoms with van der Waals surface area (Å²) in [6.07, 6.45) is 2.83. The van der Waals surface area contributed by atoms with E-state index in [2.05, 4.69) is 13.8 Å². The van der Waals surface area contributed by atoms with E-state index >= 15 is 0 Å².